The highest BCUT2D eigenvalue weighted by Crippen LogP contribution is 2.43. The number of nitrogens with zero attached hydrogens (tertiary/aromatic N) is 1. The van der Waals surface area contributed by atoms with Gasteiger partial charge in [-0.25, -0.2) is 4.79 Å². The van der Waals surface area contributed by atoms with E-state index in [1.165, 1.54) is 5.56 Å². The van der Waals surface area contributed by atoms with Crippen LogP contribution in [0.2, 0.25) is 0 Å². The zero-order valence-electron chi connectivity index (χ0n) is 19.5. The summed E-state index contributed by atoms with van der Waals surface area (Å²) >= 11 is 0. The van der Waals surface area contributed by atoms with Crippen molar-refractivity contribution in [2.24, 2.45) is 0 Å². The molecule has 0 aromatic heterocycles. The molecule has 0 amide bonds. The van der Waals surface area contributed by atoms with Gasteiger partial charge in [-0.15, -0.1) is 0 Å². The van der Waals surface area contributed by atoms with Gasteiger partial charge in [-0.3, -0.25) is 9.59 Å². The number of hydrogen-bond acceptors (Lipinski definition) is 5. The minimum Gasteiger partial charge on any atom is -0.481 e. The highest BCUT2D eigenvalue weighted by Gasteiger charge is 2.52. The second kappa shape index (κ2) is 10.4. The molecule has 2 atom stereocenters. The Bertz CT molecular complexity index is 1010. The van der Waals surface area contributed by atoms with Gasteiger partial charge in [0.05, 0.1) is 24.7 Å². The summed E-state index contributed by atoms with van der Waals surface area (Å²) in [6.45, 7) is 0.877. The second-order valence-corrected chi connectivity index (χ2v) is 9.62. The maximum atomic E-state index is 12.3. The fraction of sp³-hybridized carbons (Fsp3) is 0.444. The molecule has 2 heterocycles. The van der Waals surface area contributed by atoms with Crippen molar-refractivity contribution < 1.29 is 33.4 Å². The summed E-state index contributed by atoms with van der Waals surface area (Å²) in [5.74, 6) is -1.02. The molecule has 0 radical (unpaired) electrons. The predicted molar refractivity (Wildman–Crippen MR) is 125 cm³/mol. The molecule has 1 N–H and O–H groups in total. The molecule has 2 aromatic carbocycles. The Balaban J connectivity index is 1.31. The summed E-state index contributed by atoms with van der Waals surface area (Å²) in [5, 5.41) is 8.73. The highest BCUT2D eigenvalue weighted by atomic mass is 16.5. The molecule has 2 aliphatic heterocycles. The first-order valence-electron chi connectivity index (χ1n) is 12.0. The zero-order valence-corrected chi connectivity index (χ0v) is 19.5. The number of carboxylic acids is 1. The van der Waals surface area contributed by atoms with Crippen molar-refractivity contribution in [3.05, 3.63) is 65.7 Å². The van der Waals surface area contributed by atoms with Gasteiger partial charge in [-0.05, 0) is 42.8 Å². The molecule has 0 aliphatic carbocycles. The van der Waals surface area contributed by atoms with E-state index in [1.54, 1.807) is 12.1 Å². The van der Waals surface area contributed by atoms with Gasteiger partial charge in [0.25, 0.3) is 0 Å². The molecule has 2 fully saturated rings. The molecule has 2 aliphatic rings. The number of aliphatic carboxylic acids is 1. The average molecular weight is 467 g/mol. The number of fused-ring (bicyclic) bond motifs is 2. The lowest BCUT2D eigenvalue weighted by Gasteiger charge is -2.47. The normalized spacial score (nSPS) is 25.5. The van der Waals surface area contributed by atoms with Gasteiger partial charge < -0.3 is 19.1 Å². The van der Waals surface area contributed by atoms with E-state index < -0.39 is 5.97 Å². The van der Waals surface area contributed by atoms with Crippen LogP contribution in [0.5, 0.6) is 5.75 Å². The maximum Gasteiger partial charge on any atom is 0.343 e. The van der Waals surface area contributed by atoms with Crippen molar-refractivity contribution in [3.63, 3.8) is 0 Å². The van der Waals surface area contributed by atoms with E-state index in [1.807, 2.05) is 42.5 Å². The van der Waals surface area contributed by atoms with E-state index >= 15 is 0 Å². The Labute approximate surface area is 199 Å². The molecular weight excluding hydrogens is 434 g/mol. The Hall–Kier alpha value is -3.19. The fourth-order valence-corrected chi connectivity index (χ4v) is 5.47. The first-order valence-corrected chi connectivity index (χ1v) is 12.0. The number of carbonyl (C=O) groups is 3. The van der Waals surface area contributed by atoms with Crippen molar-refractivity contribution in [1.29, 1.82) is 0 Å². The first kappa shape index (κ1) is 24.0. The van der Waals surface area contributed by atoms with Crippen LogP contribution in [-0.4, -0.2) is 52.7 Å². The Morgan fingerprint density at radius 2 is 1.59 bits per heavy atom. The molecule has 0 spiro atoms. The molecule has 2 aromatic rings. The van der Waals surface area contributed by atoms with Crippen molar-refractivity contribution in [1.82, 2.24) is 0 Å². The van der Waals surface area contributed by atoms with Gasteiger partial charge in [0.2, 0.25) is 0 Å². The number of benzene rings is 2. The quantitative estimate of drug-likeness (QED) is 0.336. The minimum atomic E-state index is -0.890. The van der Waals surface area contributed by atoms with Gasteiger partial charge >= 0.3 is 17.9 Å². The van der Waals surface area contributed by atoms with Crippen LogP contribution in [-0.2, 0) is 20.9 Å². The van der Waals surface area contributed by atoms with Gasteiger partial charge in [0.1, 0.15) is 18.4 Å². The lowest BCUT2D eigenvalue weighted by Crippen LogP contribution is -2.58. The number of piperidine rings is 1. The SMILES string of the molecule is C[N+]1(Cc2ccc(OC(=O)c3ccccc3)cc2)C2CCC1CC(OC(=O)CCCC(=O)O)C2. The van der Waals surface area contributed by atoms with E-state index in [0.29, 0.717) is 29.8 Å². The summed E-state index contributed by atoms with van der Waals surface area (Å²) in [6.07, 6.45) is 4.28. The van der Waals surface area contributed by atoms with Crippen LogP contribution in [0.25, 0.3) is 0 Å². The van der Waals surface area contributed by atoms with Crippen LogP contribution in [0.4, 0.5) is 0 Å². The Morgan fingerprint density at radius 1 is 0.941 bits per heavy atom. The summed E-state index contributed by atoms with van der Waals surface area (Å²) in [4.78, 5) is 35.0. The number of esters is 2. The van der Waals surface area contributed by atoms with E-state index in [2.05, 4.69) is 7.05 Å². The number of carboxylic acid groups (broad SMARTS) is 1. The van der Waals surface area contributed by atoms with Crippen LogP contribution < -0.4 is 4.74 Å². The molecule has 180 valence electrons. The third-order valence-electron chi connectivity index (χ3n) is 7.31. The zero-order chi connectivity index (χ0) is 24.1. The summed E-state index contributed by atoms with van der Waals surface area (Å²) in [5.41, 5.74) is 1.70. The fourth-order valence-electron chi connectivity index (χ4n) is 5.47. The van der Waals surface area contributed by atoms with Gasteiger partial charge in [-0.2, -0.15) is 0 Å². The van der Waals surface area contributed by atoms with Crippen LogP contribution >= 0.6 is 0 Å². The summed E-state index contributed by atoms with van der Waals surface area (Å²) < 4.78 is 12.1. The van der Waals surface area contributed by atoms with Crippen molar-refractivity contribution >= 4 is 17.9 Å². The van der Waals surface area contributed by atoms with E-state index in [9.17, 15) is 14.4 Å². The van der Waals surface area contributed by atoms with Gasteiger partial charge in [0, 0.05) is 44.1 Å². The highest BCUT2D eigenvalue weighted by molar-refractivity contribution is 5.90. The van der Waals surface area contributed by atoms with Crippen LogP contribution in [0.1, 0.15) is 60.9 Å². The van der Waals surface area contributed by atoms with Gasteiger partial charge in [0.15, 0.2) is 0 Å². The second-order valence-electron chi connectivity index (χ2n) is 9.62. The third-order valence-corrected chi connectivity index (χ3v) is 7.31. The van der Waals surface area contributed by atoms with Gasteiger partial charge in [-0.1, -0.05) is 18.2 Å². The standard InChI is InChI=1S/C27H31NO6/c1-28(18-19-10-14-23(15-11-19)34-27(32)20-6-3-2-4-7-20)21-12-13-22(28)17-24(16-21)33-26(31)9-5-8-25(29)30/h2-4,6-7,10-11,14-15,21-22,24H,5,8-9,12-13,16-18H2,1H3/p+1. The molecule has 4 rings (SSSR count). The van der Waals surface area contributed by atoms with Crippen LogP contribution in [0.15, 0.2) is 54.6 Å². The number of quaternary nitrogens is 1. The first-order chi connectivity index (χ1) is 16.3. The van der Waals surface area contributed by atoms with Crippen LogP contribution in [0.3, 0.4) is 0 Å². The predicted octanol–water partition coefficient (Wildman–Crippen LogP) is 4.34. The largest absolute Gasteiger partial charge is 0.481 e. The number of hydrogen-bond donors (Lipinski definition) is 1. The smallest absolute Gasteiger partial charge is 0.343 e. The van der Waals surface area contributed by atoms with E-state index in [-0.39, 0.29) is 30.9 Å². The van der Waals surface area contributed by atoms with Crippen molar-refractivity contribution in [2.45, 2.75) is 69.7 Å². The maximum absolute atomic E-state index is 12.3. The monoisotopic (exact) mass is 466 g/mol. The topological polar surface area (TPSA) is 89.9 Å². The van der Waals surface area contributed by atoms with E-state index in [0.717, 1.165) is 36.7 Å². The summed E-state index contributed by atoms with van der Waals surface area (Å²) in [7, 11) is 2.29. The minimum absolute atomic E-state index is 0.00970. The number of ether oxygens (including phenoxy) is 2. The molecule has 2 unspecified atom stereocenters. The number of rotatable bonds is 9. The molecule has 7 nitrogen and oxygen atoms in total. The molecule has 2 bridgehead atoms. The van der Waals surface area contributed by atoms with Crippen molar-refractivity contribution in [2.75, 3.05) is 7.05 Å². The molecular formula is C27H32NO6+. The average Bonchev–Trinajstić information content (AvgIpc) is 2.97. The Kier molecular flexibility index (Phi) is 7.32. The molecule has 7 heteroatoms. The Morgan fingerprint density at radius 3 is 2.21 bits per heavy atom. The molecule has 2 saturated heterocycles. The van der Waals surface area contributed by atoms with E-state index in [4.69, 9.17) is 14.6 Å². The van der Waals surface area contributed by atoms with Crippen LogP contribution in [0, 0.1) is 0 Å². The van der Waals surface area contributed by atoms with Crippen molar-refractivity contribution in [3.8, 4) is 5.75 Å². The lowest BCUT2D eigenvalue weighted by atomic mass is 9.95. The summed E-state index contributed by atoms with van der Waals surface area (Å²) in [6, 6.07) is 17.5. The number of carbonyl (C=O) groups excluding carboxylic acids is 2. The molecule has 0 saturated carbocycles. The third kappa shape index (κ3) is 5.65. The lowest BCUT2D eigenvalue weighted by molar-refractivity contribution is -0.961. The molecule has 34 heavy (non-hydrogen) atoms.